The van der Waals surface area contributed by atoms with E-state index in [1.54, 1.807) is 0 Å². The van der Waals surface area contributed by atoms with Crippen molar-refractivity contribution in [2.24, 2.45) is 0 Å². The highest BCUT2D eigenvalue weighted by Gasteiger charge is 2.17. The third-order valence-electron chi connectivity index (χ3n) is 5.57. The minimum atomic E-state index is -0.400. The third-order valence-corrected chi connectivity index (χ3v) is 5.57. The van der Waals surface area contributed by atoms with E-state index >= 15 is 0 Å². The minimum absolute atomic E-state index is 0.353. The van der Waals surface area contributed by atoms with E-state index in [9.17, 15) is 9.18 Å². The lowest BCUT2D eigenvalue weighted by Crippen LogP contribution is -2.36. The van der Waals surface area contributed by atoms with Crippen LogP contribution in [0.3, 0.4) is 0 Å². The summed E-state index contributed by atoms with van der Waals surface area (Å²) in [5.74, 6) is -0.353. The van der Waals surface area contributed by atoms with E-state index < -0.39 is 6.03 Å². The molecular weight excluding hydrogens is 419 g/mol. The topological polar surface area (TPSA) is 66.5 Å². The van der Waals surface area contributed by atoms with Crippen molar-refractivity contribution in [3.8, 4) is 11.3 Å². The van der Waals surface area contributed by atoms with Gasteiger partial charge in [-0.3, -0.25) is 0 Å². The van der Waals surface area contributed by atoms with Crippen LogP contribution in [0.4, 0.5) is 26.2 Å². The second-order valence-corrected chi connectivity index (χ2v) is 7.81. The number of carbonyl (C=O) groups excluding carboxylic acids is 1. The number of halogens is 1. The zero-order valence-electron chi connectivity index (χ0n) is 17.9. The van der Waals surface area contributed by atoms with E-state index in [0.29, 0.717) is 24.6 Å². The lowest BCUT2D eigenvalue weighted by atomic mass is 10.1. The summed E-state index contributed by atoms with van der Waals surface area (Å²) in [6, 6.07) is 23.1. The first-order valence-corrected chi connectivity index (χ1v) is 10.8. The molecule has 2 amide bonds. The van der Waals surface area contributed by atoms with E-state index in [1.165, 1.54) is 24.3 Å². The predicted molar refractivity (Wildman–Crippen MR) is 129 cm³/mol. The predicted octanol–water partition coefficient (Wildman–Crippen LogP) is 5.52. The number of aromatic nitrogens is 1. The highest BCUT2D eigenvalue weighted by atomic mass is 19.1. The van der Waals surface area contributed by atoms with Gasteiger partial charge in [0.25, 0.3) is 0 Å². The number of amides is 2. The number of pyridine rings is 1. The Kier molecular flexibility index (Phi) is 5.87. The van der Waals surface area contributed by atoms with Gasteiger partial charge >= 0.3 is 6.03 Å². The Morgan fingerprint density at radius 1 is 0.879 bits per heavy atom. The first kappa shape index (κ1) is 20.9. The van der Waals surface area contributed by atoms with E-state index in [0.717, 1.165) is 40.9 Å². The number of nitrogens with zero attached hydrogens (tertiary/aromatic N) is 2. The highest BCUT2D eigenvalue weighted by molar-refractivity contribution is 6.03. The van der Waals surface area contributed by atoms with Crippen LogP contribution < -0.4 is 15.5 Å². The standard InChI is InChI=1S/C26H23FN4O2/c27-19-6-8-20(9-7-19)28-26(32)29-21-10-11-23-22(16-21)25(31-12-14-33-15-13-31)17-24(30-23)18-4-2-1-3-5-18/h1-11,16-17H,12-15H2,(H2,28,29,32). The van der Waals surface area contributed by atoms with Gasteiger partial charge < -0.3 is 20.3 Å². The molecule has 0 aliphatic carbocycles. The molecule has 1 fully saturated rings. The zero-order valence-corrected chi connectivity index (χ0v) is 17.9. The number of morpholine rings is 1. The molecule has 0 bridgehead atoms. The number of benzene rings is 3. The summed E-state index contributed by atoms with van der Waals surface area (Å²) in [4.78, 5) is 19.6. The molecule has 0 radical (unpaired) electrons. The molecule has 2 N–H and O–H groups in total. The van der Waals surface area contributed by atoms with Crippen molar-refractivity contribution < 1.29 is 13.9 Å². The molecule has 3 aromatic carbocycles. The van der Waals surface area contributed by atoms with Gasteiger partial charge in [0, 0.05) is 41.1 Å². The SMILES string of the molecule is O=C(Nc1ccc(F)cc1)Nc1ccc2nc(-c3ccccc3)cc(N3CCOCC3)c2c1. The largest absolute Gasteiger partial charge is 0.378 e. The number of carbonyl (C=O) groups is 1. The van der Waals surface area contributed by atoms with Crippen molar-refractivity contribution >= 4 is 34.0 Å². The first-order valence-electron chi connectivity index (χ1n) is 10.8. The molecule has 7 heteroatoms. The summed E-state index contributed by atoms with van der Waals surface area (Å²) in [6.45, 7) is 2.91. The van der Waals surface area contributed by atoms with Gasteiger partial charge in [0.1, 0.15) is 5.82 Å². The summed E-state index contributed by atoms with van der Waals surface area (Å²) in [7, 11) is 0. The van der Waals surface area contributed by atoms with Crippen LogP contribution in [0, 0.1) is 5.82 Å². The van der Waals surface area contributed by atoms with Gasteiger partial charge in [-0.1, -0.05) is 30.3 Å². The van der Waals surface area contributed by atoms with Gasteiger partial charge in [0.15, 0.2) is 0 Å². The van der Waals surface area contributed by atoms with Crippen molar-refractivity contribution in [1.82, 2.24) is 4.98 Å². The molecule has 1 aromatic heterocycles. The molecule has 1 aliphatic heterocycles. The van der Waals surface area contributed by atoms with Crippen molar-refractivity contribution in [1.29, 1.82) is 0 Å². The number of nitrogens with one attached hydrogen (secondary N) is 2. The second-order valence-electron chi connectivity index (χ2n) is 7.81. The maximum atomic E-state index is 13.1. The molecule has 0 saturated carbocycles. The zero-order chi connectivity index (χ0) is 22.6. The number of anilines is 3. The van der Waals surface area contributed by atoms with Crippen LogP contribution >= 0.6 is 0 Å². The average molecular weight is 442 g/mol. The van der Waals surface area contributed by atoms with Gasteiger partial charge in [-0.25, -0.2) is 14.2 Å². The summed E-state index contributed by atoms with van der Waals surface area (Å²) in [5.41, 5.74) is 5.02. The lowest BCUT2D eigenvalue weighted by molar-refractivity contribution is 0.123. The molecule has 4 aromatic rings. The first-order chi connectivity index (χ1) is 16.2. The number of urea groups is 1. The smallest absolute Gasteiger partial charge is 0.323 e. The molecule has 0 atom stereocenters. The van der Waals surface area contributed by atoms with E-state index in [4.69, 9.17) is 9.72 Å². The lowest BCUT2D eigenvalue weighted by Gasteiger charge is -2.30. The monoisotopic (exact) mass is 442 g/mol. The maximum Gasteiger partial charge on any atom is 0.323 e. The maximum absolute atomic E-state index is 13.1. The molecular formula is C26H23FN4O2. The number of hydrogen-bond acceptors (Lipinski definition) is 4. The van der Waals surface area contributed by atoms with Crippen molar-refractivity contribution in [2.75, 3.05) is 41.8 Å². The molecule has 0 spiro atoms. The van der Waals surface area contributed by atoms with Gasteiger partial charge in [-0.05, 0) is 48.5 Å². The van der Waals surface area contributed by atoms with Gasteiger partial charge in [-0.2, -0.15) is 0 Å². The van der Waals surface area contributed by atoms with Crippen LogP contribution in [-0.4, -0.2) is 37.3 Å². The third kappa shape index (κ3) is 4.78. The molecule has 2 heterocycles. The van der Waals surface area contributed by atoms with Crippen LogP contribution in [0.15, 0.2) is 78.9 Å². The highest BCUT2D eigenvalue weighted by Crippen LogP contribution is 2.33. The Morgan fingerprint density at radius 2 is 1.58 bits per heavy atom. The fraction of sp³-hybridized carbons (Fsp3) is 0.154. The van der Waals surface area contributed by atoms with Gasteiger partial charge in [-0.15, -0.1) is 0 Å². The molecule has 166 valence electrons. The molecule has 6 nitrogen and oxygen atoms in total. The van der Waals surface area contributed by atoms with Crippen LogP contribution in [-0.2, 0) is 4.74 Å². The fourth-order valence-corrected chi connectivity index (χ4v) is 3.94. The van der Waals surface area contributed by atoms with Crippen LogP contribution in [0.1, 0.15) is 0 Å². The number of hydrogen-bond donors (Lipinski definition) is 2. The molecule has 1 aliphatic rings. The molecule has 1 saturated heterocycles. The summed E-state index contributed by atoms with van der Waals surface area (Å²) in [6.07, 6.45) is 0. The Morgan fingerprint density at radius 3 is 2.33 bits per heavy atom. The molecule has 33 heavy (non-hydrogen) atoms. The molecule has 0 unspecified atom stereocenters. The Bertz CT molecular complexity index is 1270. The summed E-state index contributed by atoms with van der Waals surface area (Å²) >= 11 is 0. The van der Waals surface area contributed by atoms with E-state index in [2.05, 4.69) is 21.6 Å². The Labute approximate surface area is 191 Å². The normalized spacial score (nSPS) is 13.7. The van der Waals surface area contributed by atoms with Gasteiger partial charge in [0.2, 0.25) is 0 Å². The van der Waals surface area contributed by atoms with Crippen LogP contribution in [0.5, 0.6) is 0 Å². The Hall–Kier alpha value is -3.97. The number of ether oxygens (including phenoxy) is 1. The minimum Gasteiger partial charge on any atom is -0.378 e. The van der Waals surface area contributed by atoms with E-state index in [1.807, 2.05) is 48.5 Å². The number of rotatable bonds is 4. The summed E-state index contributed by atoms with van der Waals surface area (Å²) in [5, 5.41) is 6.53. The molecule has 5 rings (SSSR count). The van der Waals surface area contributed by atoms with Gasteiger partial charge in [0.05, 0.1) is 24.4 Å². The van der Waals surface area contributed by atoms with Crippen molar-refractivity contribution in [2.45, 2.75) is 0 Å². The Balaban J connectivity index is 1.48. The quantitative estimate of drug-likeness (QED) is 0.437. The average Bonchev–Trinajstić information content (AvgIpc) is 2.86. The van der Waals surface area contributed by atoms with Crippen molar-refractivity contribution in [3.05, 3.63) is 84.7 Å². The fourth-order valence-electron chi connectivity index (χ4n) is 3.94. The summed E-state index contributed by atoms with van der Waals surface area (Å²) < 4.78 is 18.6. The van der Waals surface area contributed by atoms with Crippen LogP contribution in [0.25, 0.3) is 22.2 Å². The number of fused-ring (bicyclic) bond motifs is 1. The van der Waals surface area contributed by atoms with E-state index in [-0.39, 0.29) is 5.82 Å². The van der Waals surface area contributed by atoms with Crippen molar-refractivity contribution in [3.63, 3.8) is 0 Å². The van der Waals surface area contributed by atoms with Crippen LogP contribution in [0.2, 0.25) is 0 Å². The second kappa shape index (κ2) is 9.26.